The van der Waals surface area contributed by atoms with Crippen molar-refractivity contribution in [1.82, 2.24) is 0 Å². The average molecular weight is 439 g/mol. The third-order valence-corrected chi connectivity index (χ3v) is 7.87. The summed E-state index contributed by atoms with van der Waals surface area (Å²) in [4.78, 5) is 13.9. The quantitative estimate of drug-likeness (QED) is 0.581. The first kappa shape index (κ1) is 20.5. The summed E-state index contributed by atoms with van der Waals surface area (Å²) in [5.41, 5.74) is 2.71. The highest BCUT2D eigenvalue weighted by atomic mass is 32.2. The smallest absolute Gasteiger partial charge is 0.264 e. The van der Waals surface area contributed by atoms with E-state index in [1.54, 1.807) is 12.1 Å². The second-order valence-corrected chi connectivity index (χ2v) is 9.83. The normalized spacial score (nSPS) is 15.7. The van der Waals surface area contributed by atoms with E-state index >= 15 is 0 Å². The fourth-order valence-electron chi connectivity index (χ4n) is 3.76. The van der Waals surface area contributed by atoms with Crippen molar-refractivity contribution in [2.24, 2.45) is 0 Å². The van der Waals surface area contributed by atoms with E-state index in [4.69, 9.17) is 0 Å². The molecule has 0 bridgehead atoms. The zero-order valence-electron chi connectivity index (χ0n) is 16.7. The minimum atomic E-state index is -3.79. The maximum Gasteiger partial charge on any atom is 0.264 e. The number of sulfonamides is 1. The summed E-state index contributed by atoms with van der Waals surface area (Å²) in [6, 6.07) is 21.1. The van der Waals surface area contributed by atoms with Gasteiger partial charge < -0.3 is 5.32 Å². The lowest BCUT2D eigenvalue weighted by atomic mass is 10.1. The molecule has 3 aromatic carbocycles. The summed E-state index contributed by atoms with van der Waals surface area (Å²) in [6.45, 7) is 1.90. The molecule has 0 aliphatic carbocycles. The molecule has 1 unspecified atom stereocenters. The molecule has 0 saturated heterocycles. The first-order chi connectivity index (χ1) is 14.4. The summed E-state index contributed by atoms with van der Waals surface area (Å²) >= 11 is 1.53. The van der Waals surface area contributed by atoms with Crippen LogP contribution < -0.4 is 9.62 Å². The number of carbonyl (C=O) groups excluding carboxylic acids is 1. The zero-order valence-corrected chi connectivity index (χ0v) is 18.3. The molecular formula is C23H22N2O3S2. The molecule has 3 aromatic rings. The summed E-state index contributed by atoms with van der Waals surface area (Å²) in [7, 11) is -3.79. The molecular weight excluding hydrogens is 416 g/mol. The van der Waals surface area contributed by atoms with Gasteiger partial charge in [-0.25, -0.2) is 8.42 Å². The van der Waals surface area contributed by atoms with E-state index in [-0.39, 0.29) is 16.8 Å². The minimum Gasteiger partial charge on any atom is -0.321 e. The van der Waals surface area contributed by atoms with E-state index < -0.39 is 10.0 Å². The minimum absolute atomic E-state index is 0.108. The van der Waals surface area contributed by atoms with Gasteiger partial charge in [-0.1, -0.05) is 36.4 Å². The number of anilines is 2. The summed E-state index contributed by atoms with van der Waals surface area (Å²) < 4.78 is 28.3. The number of rotatable bonds is 5. The van der Waals surface area contributed by atoms with Gasteiger partial charge in [-0.3, -0.25) is 9.10 Å². The molecule has 7 heteroatoms. The van der Waals surface area contributed by atoms with Crippen molar-refractivity contribution in [2.45, 2.75) is 29.2 Å². The van der Waals surface area contributed by atoms with E-state index in [1.165, 1.54) is 28.2 Å². The predicted molar refractivity (Wildman–Crippen MR) is 122 cm³/mol. The molecule has 0 saturated carbocycles. The second kappa shape index (κ2) is 8.16. The van der Waals surface area contributed by atoms with Crippen molar-refractivity contribution < 1.29 is 13.2 Å². The van der Waals surface area contributed by atoms with Crippen LogP contribution in [0.3, 0.4) is 0 Å². The van der Waals surface area contributed by atoms with Crippen LogP contribution in [-0.2, 0) is 16.4 Å². The third-order valence-electron chi connectivity index (χ3n) is 5.15. The van der Waals surface area contributed by atoms with Crippen molar-refractivity contribution in [3.8, 4) is 0 Å². The van der Waals surface area contributed by atoms with Crippen molar-refractivity contribution in [2.75, 3.05) is 15.9 Å². The van der Waals surface area contributed by atoms with Gasteiger partial charge in [-0.05, 0) is 61.6 Å². The van der Waals surface area contributed by atoms with Crippen LogP contribution in [0.2, 0.25) is 0 Å². The van der Waals surface area contributed by atoms with E-state index in [9.17, 15) is 13.2 Å². The highest BCUT2D eigenvalue weighted by Gasteiger charge is 2.36. The van der Waals surface area contributed by atoms with Crippen LogP contribution in [0.4, 0.5) is 11.4 Å². The van der Waals surface area contributed by atoms with Crippen LogP contribution in [0, 0.1) is 0 Å². The molecule has 0 radical (unpaired) electrons. The van der Waals surface area contributed by atoms with Gasteiger partial charge in [-0.15, -0.1) is 11.8 Å². The third kappa shape index (κ3) is 3.70. The number of para-hydroxylation sites is 2. The lowest BCUT2D eigenvalue weighted by Gasteiger charge is -2.24. The monoisotopic (exact) mass is 438 g/mol. The average Bonchev–Trinajstić information content (AvgIpc) is 3.10. The molecule has 0 fully saturated rings. The Bertz CT molecular complexity index is 1210. The Morgan fingerprint density at radius 3 is 2.57 bits per heavy atom. The van der Waals surface area contributed by atoms with Gasteiger partial charge in [0.1, 0.15) is 0 Å². The number of hydrogen-bond donors (Lipinski definition) is 1. The molecule has 1 N–H and O–H groups in total. The van der Waals surface area contributed by atoms with Gasteiger partial charge in [0.15, 0.2) is 0 Å². The van der Waals surface area contributed by atoms with Crippen molar-refractivity contribution in [3.63, 3.8) is 0 Å². The molecule has 1 aliphatic rings. The zero-order chi connectivity index (χ0) is 21.3. The molecule has 30 heavy (non-hydrogen) atoms. The summed E-state index contributed by atoms with van der Waals surface area (Å²) in [6.07, 6.45) is 2.61. The first-order valence-corrected chi connectivity index (χ1v) is 12.2. The number of carbonyl (C=O) groups is 1. The van der Waals surface area contributed by atoms with Gasteiger partial charge in [0.05, 0.1) is 16.3 Å². The van der Waals surface area contributed by atoms with E-state index in [0.29, 0.717) is 23.4 Å². The summed E-state index contributed by atoms with van der Waals surface area (Å²) in [5, 5.41) is 2.88. The number of benzene rings is 3. The summed E-state index contributed by atoms with van der Waals surface area (Å²) in [5.74, 6) is -0.344. The van der Waals surface area contributed by atoms with Gasteiger partial charge in [0, 0.05) is 16.5 Å². The maximum absolute atomic E-state index is 13.4. The molecule has 4 rings (SSSR count). The Labute approximate surface area is 181 Å². The number of nitrogens with one attached hydrogen (secondary N) is 1. The molecule has 1 aliphatic heterocycles. The Morgan fingerprint density at radius 1 is 1.03 bits per heavy atom. The Hall–Kier alpha value is -2.77. The van der Waals surface area contributed by atoms with Crippen molar-refractivity contribution in [3.05, 3.63) is 83.9 Å². The molecule has 154 valence electrons. The van der Waals surface area contributed by atoms with Crippen LogP contribution in [0.15, 0.2) is 82.6 Å². The van der Waals surface area contributed by atoms with E-state index in [0.717, 1.165) is 10.5 Å². The number of amides is 1. The van der Waals surface area contributed by atoms with Crippen LogP contribution >= 0.6 is 11.8 Å². The van der Waals surface area contributed by atoms with Gasteiger partial charge in [0.2, 0.25) is 0 Å². The highest BCUT2D eigenvalue weighted by Crippen LogP contribution is 2.36. The SMILES string of the molecule is CSc1ccccc1NC(=O)c1cccc(S(=O)(=O)N2c3ccccc3CC2C)c1. The number of nitrogens with zero attached hydrogens (tertiary/aromatic N) is 1. The fraction of sp³-hybridized carbons (Fsp3) is 0.174. The second-order valence-electron chi connectivity index (χ2n) is 7.16. The van der Waals surface area contributed by atoms with Crippen LogP contribution in [-0.4, -0.2) is 26.6 Å². The molecule has 0 aromatic heterocycles. The van der Waals surface area contributed by atoms with Gasteiger partial charge in [-0.2, -0.15) is 0 Å². The predicted octanol–water partition coefficient (Wildman–Crippen LogP) is 4.80. The molecule has 1 atom stereocenters. The molecule has 1 heterocycles. The Morgan fingerprint density at radius 2 is 1.77 bits per heavy atom. The molecule has 5 nitrogen and oxygen atoms in total. The van der Waals surface area contributed by atoms with Crippen LogP contribution in [0.25, 0.3) is 0 Å². The fourth-order valence-corrected chi connectivity index (χ4v) is 6.05. The first-order valence-electron chi connectivity index (χ1n) is 9.58. The van der Waals surface area contributed by atoms with Crippen LogP contribution in [0.5, 0.6) is 0 Å². The number of hydrogen-bond acceptors (Lipinski definition) is 4. The number of thioether (sulfide) groups is 1. The maximum atomic E-state index is 13.4. The lowest BCUT2D eigenvalue weighted by molar-refractivity contribution is 0.102. The Balaban J connectivity index is 1.65. The lowest BCUT2D eigenvalue weighted by Crippen LogP contribution is -2.35. The topological polar surface area (TPSA) is 66.5 Å². The van der Waals surface area contributed by atoms with E-state index in [1.807, 2.05) is 61.7 Å². The number of fused-ring (bicyclic) bond motifs is 1. The van der Waals surface area contributed by atoms with Gasteiger partial charge >= 0.3 is 0 Å². The Kier molecular flexibility index (Phi) is 5.58. The van der Waals surface area contributed by atoms with Crippen LogP contribution in [0.1, 0.15) is 22.8 Å². The largest absolute Gasteiger partial charge is 0.321 e. The van der Waals surface area contributed by atoms with Gasteiger partial charge in [0.25, 0.3) is 15.9 Å². The molecule has 0 spiro atoms. The highest BCUT2D eigenvalue weighted by molar-refractivity contribution is 7.98. The molecule has 1 amide bonds. The van der Waals surface area contributed by atoms with E-state index in [2.05, 4.69) is 5.32 Å². The standard InChI is InChI=1S/C23H22N2O3S2/c1-16-14-17-8-3-5-12-21(17)25(16)30(27,28)19-10-7-9-18(15-19)23(26)24-20-11-4-6-13-22(20)29-2/h3-13,15-16H,14H2,1-2H3,(H,24,26). The van der Waals surface area contributed by atoms with Crippen molar-refractivity contribution >= 4 is 39.1 Å². The van der Waals surface area contributed by atoms with Crippen molar-refractivity contribution in [1.29, 1.82) is 0 Å².